The van der Waals surface area contributed by atoms with Crippen LogP contribution < -0.4 is 0 Å². The molecule has 0 bridgehead atoms. The fraction of sp³-hybridized carbons (Fsp3) is 0.0667. The number of hydrogen-bond acceptors (Lipinski definition) is 0. The van der Waals surface area contributed by atoms with Crippen LogP contribution in [-0.4, -0.2) is 0 Å². The molecule has 0 saturated heterocycles. The topological polar surface area (TPSA) is 0 Å². The van der Waals surface area contributed by atoms with Crippen LogP contribution in [0.2, 0.25) is 0 Å². The molecule has 0 spiro atoms. The molecule has 0 aliphatic heterocycles. The molecule has 0 aromatic heterocycles. The van der Waals surface area contributed by atoms with Crippen molar-refractivity contribution in [2.45, 2.75) is 10.2 Å². The summed E-state index contributed by atoms with van der Waals surface area (Å²) in [6.45, 7) is 0. The Kier molecular flexibility index (Phi) is 5.44. The average Bonchev–Trinajstić information content (AvgIpc) is 2.86. The van der Waals surface area contributed by atoms with E-state index in [0.29, 0.717) is 0 Å². The molecule has 0 radical (unpaired) electrons. The highest BCUT2D eigenvalue weighted by Crippen LogP contribution is 2.42. The zero-order valence-corrected chi connectivity index (χ0v) is 18.7. The quantitative estimate of drug-likeness (QED) is 0.210. The van der Waals surface area contributed by atoms with Crippen molar-refractivity contribution in [1.29, 1.82) is 0 Å². The minimum atomic E-state index is -0.255. The Morgan fingerprint density at radius 2 is 1.10 bits per heavy atom. The minimum absolute atomic E-state index is 0.216. The van der Waals surface area contributed by atoms with Gasteiger partial charge in [0.15, 0.2) is 0 Å². The molecule has 31 heavy (non-hydrogen) atoms. The molecule has 0 saturated carbocycles. The second kappa shape index (κ2) is 8.53. The average molecular weight is 463 g/mol. The van der Waals surface area contributed by atoms with Gasteiger partial charge in [-0.25, -0.2) is 0 Å². The van der Waals surface area contributed by atoms with E-state index in [4.69, 9.17) is 0 Å². The van der Waals surface area contributed by atoms with Gasteiger partial charge in [-0.05, 0) is 39.4 Å². The van der Waals surface area contributed by atoms with Gasteiger partial charge in [0.2, 0.25) is 0 Å². The molecular weight excluding hydrogens is 440 g/mol. The monoisotopic (exact) mass is 462 g/mol. The first-order valence-corrected chi connectivity index (χ1v) is 11.4. The van der Waals surface area contributed by atoms with Crippen LogP contribution in [0.15, 0.2) is 133 Å². The Hall–Kier alpha value is -3.16. The van der Waals surface area contributed by atoms with Gasteiger partial charge in [0.1, 0.15) is 0 Å². The van der Waals surface area contributed by atoms with E-state index < -0.39 is 0 Å². The van der Waals surface area contributed by atoms with E-state index in [9.17, 15) is 0 Å². The van der Waals surface area contributed by atoms with Gasteiger partial charge in [-0.2, -0.15) is 0 Å². The van der Waals surface area contributed by atoms with Gasteiger partial charge in [0.05, 0.1) is 4.32 Å². The van der Waals surface area contributed by atoms with Crippen LogP contribution in [0.4, 0.5) is 0 Å². The Bertz CT molecular complexity index is 1210. The van der Waals surface area contributed by atoms with Crippen molar-refractivity contribution < 1.29 is 0 Å². The summed E-state index contributed by atoms with van der Waals surface area (Å²) in [6, 6.07) is 38.7. The molecule has 1 heteroatoms. The van der Waals surface area contributed by atoms with E-state index in [-0.39, 0.29) is 10.2 Å². The summed E-state index contributed by atoms with van der Waals surface area (Å²) in [5.41, 5.74) is 7.58. The standard InChI is InChI=1S/C30H23Br/c31-30(27-14-8-3-9-15-27)20-18-25(19-21-30)29-22-26(23-10-4-1-5-11-23)16-17-28(29)24-12-6-2-7-13-24/h1-22,25H. The Balaban J connectivity index is 1.57. The molecule has 0 nitrogen and oxygen atoms in total. The van der Waals surface area contributed by atoms with Gasteiger partial charge in [-0.15, -0.1) is 0 Å². The van der Waals surface area contributed by atoms with Crippen LogP contribution in [-0.2, 0) is 4.32 Å². The predicted molar refractivity (Wildman–Crippen MR) is 135 cm³/mol. The summed E-state index contributed by atoms with van der Waals surface area (Å²) in [4.78, 5) is 0. The van der Waals surface area contributed by atoms with Gasteiger partial charge in [-0.1, -0.05) is 143 Å². The molecule has 5 rings (SSSR count). The molecule has 0 heterocycles. The Morgan fingerprint density at radius 1 is 0.548 bits per heavy atom. The number of halogens is 1. The first-order valence-electron chi connectivity index (χ1n) is 10.6. The van der Waals surface area contributed by atoms with Gasteiger partial charge in [0.25, 0.3) is 0 Å². The van der Waals surface area contributed by atoms with Gasteiger partial charge >= 0.3 is 0 Å². The number of allylic oxidation sites excluding steroid dienone is 4. The smallest absolute Gasteiger partial charge is 0.0752 e. The molecule has 1 aliphatic carbocycles. The highest BCUT2D eigenvalue weighted by molar-refractivity contribution is 9.09. The molecule has 4 aromatic carbocycles. The van der Waals surface area contributed by atoms with E-state index >= 15 is 0 Å². The molecule has 1 aliphatic rings. The maximum absolute atomic E-state index is 3.95. The second-order valence-electron chi connectivity index (χ2n) is 7.91. The molecule has 0 unspecified atom stereocenters. The van der Waals surface area contributed by atoms with Crippen molar-refractivity contribution in [3.8, 4) is 22.3 Å². The fourth-order valence-electron chi connectivity index (χ4n) is 4.23. The number of hydrogen-bond donors (Lipinski definition) is 0. The molecule has 0 fully saturated rings. The molecule has 4 aromatic rings. The Labute approximate surface area is 192 Å². The van der Waals surface area contributed by atoms with Crippen molar-refractivity contribution in [3.63, 3.8) is 0 Å². The largest absolute Gasteiger partial charge is 0.0866 e. The van der Waals surface area contributed by atoms with Gasteiger partial charge in [-0.3, -0.25) is 0 Å². The van der Waals surface area contributed by atoms with E-state index in [1.807, 2.05) is 0 Å². The summed E-state index contributed by atoms with van der Waals surface area (Å²) in [7, 11) is 0. The molecule has 0 atom stereocenters. The fourth-order valence-corrected chi connectivity index (χ4v) is 4.80. The zero-order valence-electron chi connectivity index (χ0n) is 17.2. The molecule has 0 N–H and O–H groups in total. The highest BCUT2D eigenvalue weighted by Gasteiger charge is 2.27. The molecule has 150 valence electrons. The number of rotatable bonds is 4. The lowest BCUT2D eigenvalue weighted by atomic mass is 9.83. The third-order valence-corrected chi connectivity index (χ3v) is 6.90. The van der Waals surface area contributed by atoms with Crippen molar-refractivity contribution in [2.24, 2.45) is 0 Å². The van der Waals surface area contributed by atoms with E-state index in [1.165, 1.54) is 33.4 Å². The lowest BCUT2D eigenvalue weighted by Crippen LogP contribution is -2.15. The maximum Gasteiger partial charge on any atom is 0.0866 e. The van der Waals surface area contributed by atoms with Crippen LogP contribution >= 0.6 is 15.9 Å². The number of benzene rings is 4. The molecule has 0 amide bonds. The summed E-state index contributed by atoms with van der Waals surface area (Å²) in [5.74, 6) is 0.216. The van der Waals surface area contributed by atoms with Crippen molar-refractivity contribution in [2.75, 3.05) is 0 Å². The predicted octanol–water partition coefficient (Wildman–Crippen LogP) is 8.52. The normalized spacial score (nSPS) is 20.0. The summed E-state index contributed by atoms with van der Waals surface area (Å²) in [5, 5.41) is 0. The third-order valence-electron chi connectivity index (χ3n) is 5.91. The van der Waals surface area contributed by atoms with E-state index in [1.54, 1.807) is 0 Å². The first-order chi connectivity index (χ1) is 15.2. The van der Waals surface area contributed by atoms with Crippen LogP contribution in [0, 0.1) is 0 Å². The summed E-state index contributed by atoms with van der Waals surface area (Å²) >= 11 is 3.95. The van der Waals surface area contributed by atoms with Crippen molar-refractivity contribution in [1.82, 2.24) is 0 Å². The zero-order chi connectivity index (χ0) is 21.1. The van der Waals surface area contributed by atoms with E-state index in [2.05, 4.69) is 149 Å². The van der Waals surface area contributed by atoms with Crippen LogP contribution in [0.1, 0.15) is 17.0 Å². The lowest BCUT2D eigenvalue weighted by molar-refractivity contribution is 0.929. The van der Waals surface area contributed by atoms with Crippen LogP contribution in [0.5, 0.6) is 0 Å². The SMILES string of the molecule is BrC1(c2ccccc2)C=CC(c2cc(-c3ccccc3)ccc2-c2ccccc2)C=C1. The van der Waals surface area contributed by atoms with Gasteiger partial charge in [0, 0.05) is 5.92 Å². The second-order valence-corrected chi connectivity index (χ2v) is 9.22. The van der Waals surface area contributed by atoms with Crippen LogP contribution in [0.3, 0.4) is 0 Å². The van der Waals surface area contributed by atoms with Crippen LogP contribution in [0.25, 0.3) is 22.3 Å². The van der Waals surface area contributed by atoms with Gasteiger partial charge < -0.3 is 0 Å². The third kappa shape index (κ3) is 4.06. The molecular formula is C30H23Br. The van der Waals surface area contributed by atoms with Crippen molar-refractivity contribution >= 4 is 15.9 Å². The van der Waals surface area contributed by atoms with Crippen molar-refractivity contribution in [3.05, 3.63) is 145 Å². The minimum Gasteiger partial charge on any atom is -0.0752 e. The summed E-state index contributed by atoms with van der Waals surface area (Å²) < 4.78 is -0.255. The lowest BCUT2D eigenvalue weighted by Gasteiger charge is -2.27. The van der Waals surface area contributed by atoms with E-state index in [0.717, 1.165) is 0 Å². The summed E-state index contributed by atoms with van der Waals surface area (Å²) in [6.07, 6.45) is 9.19. The number of alkyl halides is 1. The Morgan fingerprint density at radius 3 is 1.71 bits per heavy atom. The maximum atomic E-state index is 3.95. The highest BCUT2D eigenvalue weighted by atomic mass is 79.9. The first kappa shape index (κ1) is 19.8.